The van der Waals surface area contributed by atoms with Crippen molar-refractivity contribution >= 4 is 11.8 Å². The zero-order chi connectivity index (χ0) is 17.9. The summed E-state index contributed by atoms with van der Waals surface area (Å²) in [5.74, 6) is -0.449. The predicted octanol–water partition coefficient (Wildman–Crippen LogP) is 3.39. The molecule has 0 spiro atoms. The first-order chi connectivity index (χ1) is 12.7. The Morgan fingerprint density at radius 3 is 2.58 bits per heavy atom. The molecule has 0 aliphatic heterocycles. The minimum absolute atomic E-state index is 0.0827. The number of nitrogens with one attached hydrogen (secondary N) is 1. The summed E-state index contributed by atoms with van der Waals surface area (Å²) in [6, 6.07) is 10.3. The first-order valence-corrected chi connectivity index (χ1v) is 8.70. The average molecular weight is 349 g/mol. The number of nitrogens with zero attached hydrogens (tertiary/aromatic N) is 2. The third-order valence-electron chi connectivity index (χ3n) is 4.78. The molecule has 6 heteroatoms. The molecule has 0 saturated heterocycles. The molecule has 0 unspecified atom stereocenters. The van der Waals surface area contributed by atoms with Crippen LogP contribution in [0.15, 0.2) is 61.2 Å². The van der Waals surface area contributed by atoms with Crippen molar-refractivity contribution in [2.45, 2.75) is 31.4 Å². The smallest absolute Gasteiger partial charge is 0.338 e. The maximum absolute atomic E-state index is 12.5. The van der Waals surface area contributed by atoms with E-state index in [-0.39, 0.29) is 23.9 Å². The summed E-state index contributed by atoms with van der Waals surface area (Å²) < 4.78 is 7.58. The van der Waals surface area contributed by atoms with Gasteiger partial charge in [0.05, 0.1) is 11.6 Å². The van der Waals surface area contributed by atoms with E-state index in [2.05, 4.69) is 10.1 Å². The Morgan fingerprint density at radius 1 is 1.08 bits per heavy atom. The molecule has 1 fully saturated rings. The van der Waals surface area contributed by atoms with Crippen LogP contribution in [-0.2, 0) is 4.74 Å². The number of carbonyl (C=O) groups excluding carboxylic acids is 2. The Balaban J connectivity index is 1.44. The molecule has 0 bridgehead atoms. The zero-order valence-electron chi connectivity index (χ0n) is 14.2. The number of aromatic amines is 1. The molecule has 0 amide bonds. The topological polar surface area (TPSA) is 77.0 Å². The van der Waals surface area contributed by atoms with E-state index in [1.54, 1.807) is 48.9 Å². The molecule has 4 rings (SSSR count). The zero-order valence-corrected chi connectivity index (χ0v) is 14.2. The average Bonchev–Trinajstić information content (AvgIpc) is 3.42. The molecule has 1 aliphatic carbocycles. The summed E-state index contributed by atoms with van der Waals surface area (Å²) >= 11 is 0. The SMILES string of the molecule is O=C(O[C@@H]1CCC[C@H]1n1cccn1)c1ccc(C(=O)c2cc[nH]c2)cc1. The molecule has 0 radical (unpaired) electrons. The molecule has 2 atom stereocenters. The van der Waals surface area contributed by atoms with Gasteiger partial charge in [0.1, 0.15) is 6.10 Å². The Kier molecular flexibility index (Phi) is 4.39. The van der Waals surface area contributed by atoms with Crippen LogP contribution >= 0.6 is 0 Å². The molecule has 3 aromatic rings. The predicted molar refractivity (Wildman–Crippen MR) is 95.0 cm³/mol. The summed E-state index contributed by atoms with van der Waals surface area (Å²) in [4.78, 5) is 27.6. The maximum atomic E-state index is 12.5. The fraction of sp³-hybridized carbons (Fsp3) is 0.250. The van der Waals surface area contributed by atoms with E-state index >= 15 is 0 Å². The van der Waals surface area contributed by atoms with Crippen molar-refractivity contribution in [1.82, 2.24) is 14.8 Å². The van der Waals surface area contributed by atoms with Crippen molar-refractivity contribution in [1.29, 1.82) is 0 Å². The minimum atomic E-state index is -0.366. The van der Waals surface area contributed by atoms with Gasteiger partial charge in [-0.3, -0.25) is 9.48 Å². The molecular weight excluding hydrogens is 330 g/mol. The quantitative estimate of drug-likeness (QED) is 0.566. The number of ether oxygens (including phenoxy) is 1. The number of rotatable bonds is 5. The van der Waals surface area contributed by atoms with Gasteiger partial charge in [-0.05, 0) is 43.5 Å². The van der Waals surface area contributed by atoms with Crippen molar-refractivity contribution in [2.24, 2.45) is 0 Å². The lowest BCUT2D eigenvalue weighted by Crippen LogP contribution is -2.25. The minimum Gasteiger partial charge on any atom is -0.457 e. The number of benzene rings is 1. The number of hydrogen-bond acceptors (Lipinski definition) is 4. The lowest BCUT2D eigenvalue weighted by atomic mass is 10.0. The highest BCUT2D eigenvalue weighted by molar-refractivity contribution is 6.09. The summed E-state index contributed by atoms with van der Waals surface area (Å²) in [5, 5.41) is 4.27. The second kappa shape index (κ2) is 7.00. The molecule has 1 aromatic carbocycles. The Morgan fingerprint density at radius 2 is 1.88 bits per heavy atom. The highest BCUT2D eigenvalue weighted by atomic mass is 16.5. The Bertz CT molecular complexity index is 883. The number of hydrogen-bond donors (Lipinski definition) is 1. The van der Waals surface area contributed by atoms with E-state index in [0.29, 0.717) is 16.7 Å². The van der Waals surface area contributed by atoms with Crippen LogP contribution in [0.25, 0.3) is 0 Å². The fourth-order valence-corrected chi connectivity index (χ4v) is 3.42. The maximum Gasteiger partial charge on any atom is 0.338 e. The molecule has 1 N–H and O–H groups in total. The summed E-state index contributed by atoms with van der Waals surface area (Å²) in [5.41, 5.74) is 1.58. The summed E-state index contributed by atoms with van der Waals surface area (Å²) in [6.45, 7) is 0. The third kappa shape index (κ3) is 3.18. The monoisotopic (exact) mass is 349 g/mol. The van der Waals surface area contributed by atoms with Crippen LogP contribution in [0.4, 0.5) is 0 Å². The van der Waals surface area contributed by atoms with E-state index in [0.717, 1.165) is 19.3 Å². The molecule has 6 nitrogen and oxygen atoms in total. The highest BCUT2D eigenvalue weighted by Gasteiger charge is 2.32. The van der Waals surface area contributed by atoms with Crippen LogP contribution in [0.1, 0.15) is 51.6 Å². The van der Waals surface area contributed by atoms with Gasteiger partial charge < -0.3 is 9.72 Å². The first-order valence-electron chi connectivity index (χ1n) is 8.70. The standard InChI is InChI=1S/C20H19N3O3/c24-19(16-9-11-21-13-16)14-5-7-15(8-6-14)20(25)26-18-4-1-3-17(18)23-12-2-10-22-23/h2,5-13,17-18,21H,1,3-4H2/t17-,18-/m1/s1. The van der Waals surface area contributed by atoms with E-state index < -0.39 is 0 Å². The van der Waals surface area contributed by atoms with Crippen molar-refractivity contribution < 1.29 is 14.3 Å². The van der Waals surface area contributed by atoms with Crippen LogP contribution in [-0.4, -0.2) is 32.6 Å². The lowest BCUT2D eigenvalue weighted by Gasteiger charge is -2.20. The molecule has 26 heavy (non-hydrogen) atoms. The summed E-state index contributed by atoms with van der Waals surface area (Å²) in [6.07, 6.45) is 9.60. The Hall–Kier alpha value is -3.15. The van der Waals surface area contributed by atoms with Gasteiger partial charge in [-0.2, -0.15) is 5.10 Å². The molecule has 1 aliphatic rings. The third-order valence-corrected chi connectivity index (χ3v) is 4.78. The van der Waals surface area contributed by atoms with Crippen LogP contribution in [0.3, 0.4) is 0 Å². The number of esters is 1. The van der Waals surface area contributed by atoms with Crippen LogP contribution in [0, 0.1) is 0 Å². The molecule has 132 valence electrons. The van der Waals surface area contributed by atoms with Crippen molar-refractivity contribution in [2.75, 3.05) is 0 Å². The van der Waals surface area contributed by atoms with Gasteiger partial charge in [0, 0.05) is 35.9 Å². The number of carbonyl (C=O) groups is 2. The van der Waals surface area contributed by atoms with E-state index in [4.69, 9.17) is 4.74 Å². The van der Waals surface area contributed by atoms with E-state index in [9.17, 15) is 9.59 Å². The Labute approximate surface area is 150 Å². The highest BCUT2D eigenvalue weighted by Crippen LogP contribution is 2.32. The van der Waals surface area contributed by atoms with Gasteiger partial charge in [-0.15, -0.1) is 0 Å². The first kappa shape index (κ1) is 16.3. The second-order valence-corrected chi connectivity index (χ2v) is 6.43. The number of ketones is 1. The lowest BCUT2D eigenvalue weighted by molar-refractivity contribution is 0.0209. The normalized spacial score (nSPS) is 19.4. The second-order valence-electron chi connectivity index (χ2n) is 6.43. The van der Waals surface area contributed by atoms with Crippen molar-refractivity contribution in [3.05, 3.63) is 77.9 Å². The molecule has 2 heterocycles. The van der Waals surface area contributed by atoms with Gasteiger partial charge >= 0.3 is 5.97 Å². The van der Waals surface area contributed by atoms with Gasteiger partial charge in [-0.25, -0.2) is 4.79 Å². The van der Waals surface area contributed by atoms with Gasteiger partial charge in [0.25, 0.3) is 0 Å². The van der Waals surface area contributed by atoms with E-state index in [1.165, 1.54) is 0 Å². The van der Waals surface area contributed by atoms with Crippen molar-refractivity contribution in [3.63, 3.8) is 0 Å². The molecule has 1 saturated carbocycles. The number of aromatic nitrogens is 3. The van der Waals surface area contributed by atoms with Gasteiger partial charge in [-0.1, -0.05) is 12.1 Å². The molecular formula is C20H19N3O3. The summed E-state index contributed by atoms with van der Waals surface area (Å²) in [7, 11) is 0. The molecule has 2 aromatic heterocycles. The largest absolute Gasteiger partial charge is 0.457 e. The van der Waals surface area contributed by atoms with Crippen molar-refractivity contribution in [3.8, 4) is 0 Å². The van der Waals surface area contributed by atoms with Gasteiger partial charge in [0.2, 0.25) is 0 Å². The van der Waals surface area contributed by atoms with Crippen LogP contribution < -0.4 is 0 Å². The van der Waals surface area contributed by atoms with Gasteiger partial charge in [0.15, 0.2) is 5.78 Å². The van der Waals surface area contributed by atoms with Crippen LogP contribution in [0.5, 0.6) is 0 Å². The van der Waals surface area contributed by atoms with Crippen LogP contribution in [0.2, 0.25) is 0 Å². The van der Waals surface area contributed by atoms with E-state index in [1.807, 2.05) is 16.9 Å². The number of H-pyrrole nitrogens is 1. The fourth-order valence-electron chi connectivity index (χ4n) is 3.42.